The van der Waals surface area contributed by atoms with Crippen LogP contribution in [-0.4, -0.2) is 42.1 Å². The number of carbonyl (C=O) groups is 2. The fraction of sp³-hybridized carbons (Fsp3) is 0.320. The Kier molecular flexibility index (Phi) is 6.90. The number of benzene rings is 1. The van der Waals surface area contributed by atoms with Crippen molar-refractivity contribution in [2.24, 2.45) is 0 Å². The Balaban J connectivity index is 2.22. The van der Waals surface area contributed by atoms with E-state index in [2.05, 4.69) is 4.98 Å². The summed E-state index contributed by atoms with van der Waals surface area (Å²) in [4.78, 5) is 32.1. The van der Waals surface area contributed by atoms with Gasteiger partial charge in [-0.1, -0.05) is 30.3 Å². The first-order valence-electron chi connectivity index (χ1n) is 10.4. The maximum absolute atomic E-state index is 13.0. The van der Waals surface area contributed by atoms with Gasteiger partial charge in [-0.15, -0.1) is 0 Å². The highest BCUT2D eigenvalue weighted by molar-refractivity contribution is 6.00. The smallest absolute Gasteiger partial charge is 0.336 e. The van der Waals surface area contributed by atoms with Crippen LogP contribution in [0.25, 0.3) is 11.1 Å². The molecule has 2 heterocycles. The lowest BCUT2D eigenvalue weighted by molar-refractivity contribution is -0.139. The summed E-state index contributed by atoms with van der Waals surface area (Å²) in [6, 6.07) is 11.7. The summed E-state index contributed by atoms with van der Waals surface area (Å²) in [5, 5.41) is 0. The standard InChI is InChI=1S/C25H28N2O4/c1-6-30-24(28)21-16(3)27(5)17(4)22(25(29)31-7-2)23(21)19-11-8-10-18(14-19)20-12-9-13-26-15-20/h8-15,23H,6-7H2,1-5H3. The Hall–Kier alpha value is -3.41. The van der Waals surface area contributed by atoms with Crippen LogP contribution in [0.2, 0.25) is 0 Å². The summed E-state index contributed by atoms with van der Waals surface area (Å²) in [5.41, 5.74) is 5.11. The van der Waals surface area contributed by atoms with Crippen LogP contribution in [0.15, 0.2) is 71.3 Å². The van der Waals surface area contributed by atoms with Crippen molar-refractivity contribution < 1.29 is 19.1 Å². The topological polar surface area (TPSA) is 68.7 Å². The van der Waals surface area contributed by atoms with Gasteiger partial charge in [-0.2, -0.15) is 0 Å². The van der Waals surface area contributed by atoms with Crippen LogP contribution in [0.5, 0.6) is 0 Å². The lowest BCUT2D eigenvalue weighted by Crippen LogP contribution is -2.33. The van der Waals surface area contributed by atoms with Gasteiger partial charge >= 0.3 is 11.9 Å². The number of pyridine rings is 1. The lowest BCUT2D eigenvalue weighted by Gasteiger charge is -2.35. The molecule has 1 aromatic carbocycles. The zero-order valence-electron chi connectivity index (χ0n) is 18.6. The normalized spacial score (nSPS) is 14.7. The van der Waals surface area contributed by atoms with E-state index in [1.165, 1.54) is 0 Å². The Morgan fingerprint density at radius 1 is 0.935 bits per heavy atom. The molecule has 0 fully saturated rings. The molecule has 0 radical (unpaired) electrons. The van der Waals surface area contributed by atoms with Crippen molar-refractivity contribution in [3.63, 3.8) is 0 Å². The van der Waals surface area contributed by atoms with Gasteiger partial charge in [0, 0.05) is 30.8 Å². The molecular formula is C25H28N2O4. The van der Waals surface area contributed by atoms with Crippen molar-refractivity contribution in [3.05, 3.63) is 76.9 Å². The van der Waals surface area contributed by atoms with Crippen LogP contribution in [0, 0.1) is 0 Å². The maximum atomic E-state index is 13.0. The van der Waals surface area contributed by atoms with Crippen LogP contribution in [0.3, 0.4) is 0 Å². The molecule has 0 atom stereocenters. The number of hydrogen-bond donors (Lipinski definition) is 0. The number of esters is 2. The lowest BCUT2D eigenvalue weighted by atomic mass is 9.79. The molecule has 2 aromatic rings. The van der Waals surface area contributed by atoms with Crippen LogP contribution < -0.4 is 0 Å². The minimum atomic E-state index is -0.592. The van der Waals surface area contributed by atoms with Crippen LogP contribution >= 0.6 is 0 Å². The molecule has 0 saturated heterocycles. The highest BCUT2D eigenvalue weighted by Crippen LogP contribution is 2.43. The monoisotopic (exact) mass is 420 g/mol. The average Bonchev–Trinajstić information content (AvgIpc) is 2.78. The van der Waals surface area contributed by atoms with Gasteiger partial charge in [0.15, 0.2) is 0 Å². The molecule has 3 rings (SSSR count). The second kappa shape index (κ2) is 9.60. The van der Waals surface area contributed by atoms with Gasteiger partial charge in [0.25, 0.3) is 0 Å². The van der Waals surface area contributed by atoms with E-state index >= 15 is 0 Å². The molecule has 0 bridgehead atoms. The summed E-state index contributed by atoms with van der Waals surface area (Å²) in [6.07, 6.45) is 3.51. The van der Waals surface area contributed by atoms with Crippen molar-refractivity contribution in [2.45, 2.75) is 33.6 Å². The minimum Gasteiger partial charge on any atom is -0.463 e. The van der Waals surface area contributed by atoms with E-state index in [0.29, 0.717) is 11.1 Å². The Morgan fingerprint density at radius 2 is 1.52 bits per heavy atom. The average molecular weight is 421 g/mol. The molecule has 162 valence electrons. The molecule has 0 unspecified atom stereocenters. The van der Waals surface area contributed by atoms with E-state index in [0.717, 1.165) is 28.1 Å². The van der Waals surface area contributed by atoms with E-state index in [-0.39, 0.29) is 13.2 Å². The van der Waals surface area contributed by atoms with Crippen molar-refractivity contribution in [1.29, 1.82) is 0 Å². The van der Waals surface area contributed by atoms with Crippen LogP contribution in [0.4, 0.5) is 0 Å². The van der Waals surface area contributed by atoms with Gasteiger partial charge in [0.2, 0.25) is 0 Å². The number of rotatable bonds is 6. The van der Waals surface area contributed by atoms with Crippen molar-refractivity contribution in [2.75, 3.05) is 20.3 Å². The molecule has 31 heavy (non-hydrogen) atoms. The minimum absolute atomic E-state index is 0.249. The predicted octanol–water partition coefficient (Wildman–Crippen LogP) is 4.45. The van der Waals surface area contributed by atoms with Crippen LogP contribution in [0.1, 0.15) is 39.2 Å². The first-order chi connectivity index (χ1) is 14.9. The Bertz CT molecular complexity index is 998. The van der Waals surface area contributed by atoms with Gasteiger partial charge in [-0.3, -0.25) is 4.98 Å². The van der Waals surface area contributed by atoms with E-state index < -0.39 is 17.9 Å². The second-order valence-corrected chi connectivity index (χ2v) is 7.30. The summed E-state index contributed by atoms with van der Waals surface area (Å²) in [6.45, 7) is 7.78. The summed E-state index contributed by atoms with van der Waals surface area (Å²) in [7, 11) is 1.84. The van der Waals surface area contributed by atoms with E-state index in [1.54, 1.807) is 26.2 Å². The zero-order valence-corrected chi connectivity index (χ0v) is 18.6. The molecule has 1 aliphatic rings. The molecule has 0 spiro atoms. The van der Waals surface area contributed by atoms with E-state index in [9.17, 15) is 9.59 Å². The van der Waals surface area contributed by atoms with E-state index in [4.69, 9.17) is 9.47 Å². The molecule has 6 heteroatoms. The number of carbonyl (C=O) groups excluding carboxylic acids is 2. The van der Waals surface area contributed by atoms with Gasteiger partial charge < -0.3 is 14.4 Å². The van der Waals surface area contributed by atoms with Gasteiger partial charge in [0.05, 0.1) is 30.3 Å². The summed E-state index contributed by atoms with van der Waals surface area (Å²) < 4.78 is 10.8. The van der Waals surface area contributed by atoms with E-state index in [1.807, 2.05) is 62.2 Å². The predicted molar refractivity (Wildman–Crippen MR) is 119 cm³/mol. The molecule has 1 aliphatic heterocycles. The van der Waals surface area contributed by atoms with Gasteiger partial charge in [-0.25, -0.2) is 9.59 Å². The molecule has 0 saturated carbocycles. The number of nitrogens with zero attached hydrogens (tertiary/aromatic N) is 2. The summed E-state index contributed by atoms with van der Waals surface area (Å²) in [5.74, 6) is -1.46. The van der Waals surface area contributed by atoms with Crippen molar-refractivity contribution in [1.82, 2.24) is 9.88 Å². The van der Waals surface area contributed by atoms with Crippen LogP contribution in [-0.2, 0) is 19.1 Å². The van der Waals surface area contributed by atoms with Gasteiger partial charge in [0.1, 0.15) is 0 Å². The zero-order chi connectivity index (χ0) is 22.5. The fourth-order valence-electron chi connectivity index (χ4n) is 3.89. The SMILES string of the molecule is CCOC(=O)C1=C(C)N(C)C(C)=C(C(=O)OCC)C1c1cccc(-c2cccnc2)c1. The maximum Gasteiger partial charge on any atom is 0.336 e. The molecule has 0 aliphatic carbocycles. The third kappa shape index (κ3) is 4.38. The number of aromatic nitrogens is 1. The second-order valence-electron chi connectivity index (χ2n) is 7.30. The number of ether oxygens (including phenoxy) is 2. The quantitative estimate of drug-likeness (QED) is 0.643. The molecule has 0 N–H and O–H groups in total. The molecule has 6 nitrogen and oxygen atoms in total. The highest BCUT2D eigenvalue weighted by Gasteiger charge is 2.39. The first-order valence-corrected chi connectivity index (χ1v) is 10.4. The highest BCUT2D eigenvalue weighted by atomic mass is 16.5. The molecule has 0 amide bonds. The largest absolute Gasteiger partial charge is 0.463 e. The van der Waals surface area contributed by atoms with Crippen molar-refractivity contribution >= 4 is 11.9 Å². The van der Waals surface area contributed by atoms with Gasteiger partial charge in [-0.05, 0) is 50.5 Å². The Morgan fingerprint density at radius 3 is 2.03 bits per heavy atom. The fourth-order valence-corrected chi connectivity index (χ4v) is 3.89. The number of hydrogen-bond acceptors (Lipinski definition) is 6. The third-order valence-electron chi connectivity index (χ3n) is 5.57. The Labute approximate surface area is 183 Å². The molecule has 1 aromatic heterocycles. The third-order valence-corrected chi connectivity index (χ3v) is 5.57. The number of allylic oxidation sites excluding steroid dienone is 2. The van der Waals surface area contributed by atoms with Crippen molar-refractivity contribution in [3.8, 4) is 11.1 Å². The summed E-state index contributed by atoms with van der Waals surface area (Å²) >= 11 is 0. The first kappa shape index (κ1) is 22.3. The molecular weight excluding hydrogens is 392 g/mol.